The van der Waals surface area contributed by atoms with Crippen molar-refractivity contribution in [2.24, 2.45) is 0 Å². The molecule has 1 amide bonds. The van der Waals surface area contributed by atoms with Crippen LogP contribution in [0.3, 0.4) is 0 Å². The van der Waals surface area contributed by atoms with E-state index < -0.39 is 0 Å². The number of anilines is 1. The quantitative estimate of drug-likeness (QED) is 0.483. The molecular formula is C23H21N5OS. The topological polar surface area (TPSA) is 71.8 Å². The maximum absolute atomic E-state index is 12.4. The van der Waals surface area contributed by atoms with Gasteiger partial charge in [0.05, 0.1) is 5.69 Å². The van der Waals surface area contributed by atoms with Gasteiger partial charge in [-0.1, -0.05) is 37.3 Å². The lowest BCUT2D eigenvalue weighted by molar-refractivity contribution is 0.0977. The first-order chi connectivity index (χ1) is 14.5. The Labute approximate surface area is 179 Å². The summed E-state index contributed by atoms with van der Waals surface area (Å²) in [5.74, 6) is -0.246. The molecule has 1 heterocycles. The van der Waals surface area contributed by atoms with Gasteiger partial charge in [0.1, 0.15) is 11.0 Å². The first-order valence-corrected chi connectivity index (χ1v) is 10.1. The van der Waals surface area contributed by atoms with E-state index in [0.717, 1.165) is 34.4 Å². The lowest BCUT2D eigenvalue weighted by Crippen LogP contribution is -2.34. The van der Waals surface area contributed by atoms with Crippen LogP contribution in [-0.2, 0) is 6.42 Å². The van der Waals surface area contributed by atoms with Crippen LogP contribution in [0.5, 0.6) is 0 Å². The summed E-state index contributed by atoms with van der Waals surface area (Å²) in [7, 11) is 0. The Morgan fingerprint density at radius 3 is 2.33 bits per heavy atom. The van der Waals surface area contributed by atoms with Gasteiger partial charge in [-0.15, -0.1) is 10.2 Å². The summed E-state index contributed by atoms with van der Waals surface area (Å²) in [6.07, 6.45) is 0.929. The van der Waals surface area contributed by atoms with Gasteiger partial charge in [-0.25, -0.2) is 0 Å². The number of thiocarbonyl (C=S) groups is 1. The molecule has 0 unspecified atom stereocenters. The van der Waals surface area contributed by atoms with Crippen LogP contribution < -0.4 is 10.6 Å². The fourth-order valence-electron chi connectivity index (χ4n) is 3.10. The Balaban J connectivity index is 1.50. The largest absolute Gasteiger partial charge is 0.332 e. The number of carbonyl (C=O) groups is 1. The van der Waals surface area contributed by atoms with Crippen molar-refractivity contribution in [3.8, 4) is 5.69 Å². The van der Waals surface area contributed by atoms with Gasteiger partial charge in [0.2, 0.25) is 0 Å². The molecule has 4 aromatic rings. The van der Waals surface area contributed by atoms with Crippen molar-refractivity contribution in [3.63, 3.8) is 0 Å². The number of benzene rings is 3. The van der Waals surface area contributed by atoms with Crippen LogP contribution in [-0.4, -0.2) is 26.0 Å². The minimum absolute atomic E-state index is 0.234. The second-order valence-electron chi connectivity index (χ2n) is 6.94. The number of rotatable bonds is 4. The van der Waals surface area contributed by atoms with Gasteiger partial charge in [0, 0.05) is 11.3 Å². The van der Waals surface area contributed by atoms with E-state index in [-0.39, 0.29) is 11.0 Å². The van der Waals surface area contributed by atoms with Crippen LogP contribution in [0.2, 0.25) is 0 Å². The number of nitrogens with one attached hydrogen (secondary N) is 2. The van der Waals surface area contributed by atoms with E-state index >= 15 is 0 Å². The number of para-hydroxylation sites is 1. The molecule has 4 rings (SSSR count). The van der Waals surface area contributed by atoms with Crippen molar-refractivity contribution in [3.05, 3.63) is 83.4 Å². The molecule has 150 valence electrons. The molecule has 3 aromatic carbocycles. The van der Waals surface area contributed by atoms with E-state index in [1.54, 1.807) is 16.9 Å². The highest BCUT2D eigenvalue weighted by molar-refractivity contribution is 7.80. The molecule has 0 saturated heterocycles. The van der Waals surface area contributed by atoms with Crippen molar-refractivity contribution in [1.29, 1.82) is 0 Å². The minimum Gasteiger partial charge on any atom is -0.332 e. The third kappa shape index (κ3) is 4.21. The number of hydrogen-bond acceptors (Lipinski definition) is 4. The fraction of sp³-hybridized carbons (Fsp3) is 0.130. The highest BCUT2D eigenvalue weighted by Gasteiger charge is 2.12. The average Bonchev–Trinajstić information content (AvgIpc) is 3.17. The maximum atomic E-state index is 12.4. The summed E-state index contributed by atoms with van der Waals surface area (Å²) in [6.45, 7) is 4.03. The van der Waals surface area contributed by atoms with E-state index in [1.807, 2.05) is 61.5 Å². The van der Waals surface area contributed by atoms with Gasteiger partial charge >= 0.3 is 0 Å². The molecule has 0 radical (unpaired) electrons. The number of aromatic nitrogens is 3. The third-order valence-electron chi connectivity index (χ3n) is 4.81. The van der Waals surface area contributed by atoms with Crippen LogP contribution in [0.4, 0.5) is 5.69 Å². The van der Waals surface area contributed by atoms with E-state index in [9.17, 15) is 4.79 Å². The summed E-state index contributed by atoms with van der Waals surface area (Å²) < 4.78 is 0. The highest BCUT2D eigenvalue weighted by Crippen LogP contribution is 2.22. The van der Waals surface area contributed by atoms with E-state index in [1.165, 1.54) is 5.56 Å². The van der Waals surface area contributed by atoms with Crippen LogP contribution in [0, 0.1) is 6.92 Å². The number of nitrogens with zero attached hydrogens (tertiary/aromatic N) is 3. The predicted octanol–water partition coefficient (Wildman–Crippen LogP) is 4.42. The molecule has 0 fully saturated rings. The molecule has 0 spiro atoms. The number of aryl methyl sites for hydroxylation is 2. The molecule has 0 aliphatic rings. The van der Waals surface area contributed by atoms with E-state index in [4.69, 9.17) is 12.2 Å². The summed E-state index contributed by atoms with van der Waals surface area (Å²) in [5.41, 5.74) is 5.87. The smallest absolute Gasteiger partial charge is 0.257 e. The Morgan fingerprint density at radius 2 is 1.67 bits per heavy atom. The minimum atomic E-state index is -0.246. The second-order valence-corrected chi connectivity index (χ2v) is 7.35. The van der Waals surface area contributed by atoms with Crippen LogP contribution in [0.15, 0.2) is 66.7 Å². The maximum Gasteiger partial charge on any atom is 0.257 e. The fourth-order valence-corrected chi connectivity index (χ4v) is 3.30. The normalized spacial score (nSPS) is 10.7. The molecule has 2 N–H and O–H groups in total. The molecule has 0 saturated carbocycles. The first-order valence-electron chi connectivity index (χ1n) is 9.68. The lowest BCUT2D eigenvalue weighted by Gasteiger charge is -2.12. The zero-order valence-electron chi connectivity index (χ0n) is 16.7. The summed E-state index contributed by atoms with van der Waals surface area (Å²) >= 11 is 5.34. The third-order valence-corrected chi connectivity index (χ3v) is 5.02. The monoisotopic (exact) mass is 415 g/mol. The van der Waals surface area contributed by atoms with E-state index in [2.05, 4.69) is 27.8 Å². The molecule has 0 aliphatic heterocycles. The van der Waals surface area contributed by atoms with Crippen molar-refractivity contribution >= 4 is 40.0 Å². The van der Waals surface area contributed by atoms with Crippen molar-refractivity contribution in [2.75, 3.05) is 5.32 Å². The molecule has 0 bridgehead atoms. The molecule has 0 aliphatic carbocycles. The zero-order chi connectivity index (χ0) is 21.1. The van der Waals surface area contributed by atoms with Gasteiger partial charge in [-0.3, -0.25) is 10.1 Å². The van der Waals surface area contributed by atoms with E-state index in [0.29, 0.717) is 5.56 Å². The van der Waals surface area contributed by atoms with Gasteiger partial charge in [-0.05, 0) is 73.1 Å². The van der Waals surface area contributed by atoms with Crippen LogP contribution in [0.1, 0.15) is 28.4 Å². The molecule has 30 heavy (non-hydrogen) atoms. The second kappa shape index (κ2) is 8.42. The number of hydrogen-bond donors (Lipinski definition) is 2. The molecule has 1 aromatic heterocycles. The van der Waals surface area contributed by atoms with Crippen LogP contribution in [0.25, 0.3) is 16.7 Å². The first kappa shape index (κ1) is 19.7. The average molecular weight is 416 g/mol. The van der Waals surface area contributed by atoms with Crippen molar-refractivity contribution in [1.82, 2.24) is 20.3 Å². The van der Waals surface area contributed by atoms with Crippen LogP contribution >= 0.6 is 12.2 Å². The Kier molecular flexibility index (Phi) is 5.54. The predicted molar refractivity (Wildman–Crippen MR) is 123 cm³/mol. The highest BCUT2D eigenvalue weighted by atomic mass is 32.1. The van der Waals surface area contributed by atoms with Gasteiger partial charge in [0.15, 0.2) is 5.11 Å². The number of carbonyl (C=O) groups excluding carboxylic acids is 1. The molecule has 0 atom stereocenters. The summed E-state index contributed by atoms with van der Waals surface area (Å²) in [6, 6.07) is 21.0. The van der Waals surface area contributed by atoms with Gasteiger partial charge in [-0.2, -0.15) is 4.80 Å². The standard InChI is InChI=1S/C23H21N5OS/c1-3-16-9-11-17(12-10-16)22(29)25-23(30)24-19-14-21-20(13-15(19)2)26-28(27-21)18-7-5-4-6-8-18/h4-14H,3H2,1-2H3,(H2,24,25,29,30). The van der Waals surface area contributed by atoms with Crippen molar-refractivity contribution in [2.45, 2.75) is 20.3 Å². The molecular weight excluding hydrogens is 394 g/mol. The SMILES string of the molecule is CCc1ccc(C(=O)NC(=S)Nc2cc3nn(-c4ccccc4)nc3cc2C)cc1. The number of amides is 1. The van der Waals surface area contributed by atoms with Gasteiger partial charge < -0.3 is 5.32 Å². The molecule has 6 nitrogen and oxygen atoms in total. The van der Waals surface area contributed by atoms with Crippen molar-refractivity contribution < 1.29 is 4.79 Å². The summed E-state index contributed by atoms with van der Waals surface area (Å²) in [4.78, 5) is 14.0. The Hall–Kier alpha value is -3.58. The Morgan fingerprint density at radius 1 is 1.00 bits per heavy atom. The lowest BCUT2D eigenvalue weighted by atomic mass is 10.1. The molecule has 7 heteroatoms. The zero-order valence-corrected chi connectivity index (χ0v) is 17.5. The Bertz CT molecular complexity index is 1220. The number of fused-ring (bicyclic) bond motifs is 1. The summed E-state index contributed by atoms with van der Waals surface area (Å²) in [5, 5.41) is 15.2. The van der Waals surface area contributed by atoms with Gasteiger partial charge in [0.25, 0.3) is 5.91 Å².